The van der Waals surface area contributed by atoms with E-state index in [0.717, 1.165) is 23.5 Å². The molecule has 1 aromatic rings. The molecule has 0 spiro atoms. The van der Waals surface area contributed by atoms with Gasteiger partial charge in [0, 0.05) is 6.04 Å². The lowest BCUT2D eigenvalue weighted by atomic mass is 10.0. The molecule has 3 heteroatoms. The normalized spacial score (nSPS) is 31.6. The Morgan fingerprint density at radius 3 is 2.28 bits per heavy atom. The van der Waals surface area contributed by atoms with Crippen LogP contribution >= 0.6 is 0 Å². The number of benzene rings is 1. The highest BCUT2D eigenvalue weighted by molar-refractivity contribution is 5.30. The molecule has 2 fully saturated rings. The zero-order valence-corrected chi connectivity index (χ0v) is 10.9. The number of hydrazine groups is 1. The first-order valence-electron chi connectivity index (χ1n) is 6.95. The minimum Gasteiger partial charge on any atom is -0.497 e. The molecule has 0 heterocycles. The summed E-state index contributed by atoms with van der Waals surface area (Å²) < 4.78 is 5.20. The zero-order chi connectivity index (χ0) is 12.5. The van der Waals surface area contributed by atoms with Crippen molar-refractivity contribution >= 4 is 0 Å². The lowest BCUT2D eigenvalue weighted by molar-refractivity contribution is 0.413. The lowest BCUT2D eigenvalue weighted by Gasteiger charge is -2.17. The molecular weight excluding hydrogens is 224 g/mol. The van der Waals surface area contributed by atoms with Crippen molar-refractivity contribution in [3.8, 4) is 5.75 Å². The second-order valence-corrected chi connectivity index (χ2v) is 5.61. The molecule has 3 rings (SSSR count). The Kier molecular flexibility index (Phi) is 3.27. The van der Waals surface area contributed by atoms with Crippen LogP contribution in [0, 0.1) is 17.8 Å². The summed E-state index contributed by atoms with van der Waals surface area (Å²) in [6, 6.07) is 8.61. The molecule has 0 aliphatic heterocycles. The highest BCUT2D eigenvalue weighted by Gasteiger charge is 2.54. The van der Waals surface area contributed by atoms with E-state index in [9.17, 15) is 0 Å². The van der Waals surface area contributed by atoms with Crippen LogP contribution in [-0.4, -0.2) is 7.11 Å². The molecule has 1 aromatic carbocycles. The summed E-state index contributed by atoms with van der Waals surface area (Å²) in [6.45, 7) is 0. The summed E-state index contributed by atoms with van der Waals surface area (Å²) in [4.78, 5) is 0. The van der Waals surface area contributed by atoms with E-state index in [2.05, 4.69) is 17.6 Å². The van der Waals surface area contributed by atoms with E-state index in [1.54, 1.807) is 7.11 Å². The molecule has 0 amide bonds. The SMILES string of the molecule is COc1ccc(C(NN)C2C3CCCCC32)cc1. The van der Waals surface area contributed by atoms with Crippen molar-refractivity contribution < 1.29 is 4.74 Å². The molecule has 2 saturated carbocycles. The first kappa shape index (κ1) is 12.0. The van der Waals surface area contributed by atoms with E-state index < -0.39 is 0 Å². The van der Waals surface area contributed by atoms with Crippen LogP contribution in [0.4, 0.5) is 0 Å². The third kappa shape index (κ3) is 2.02. The van der Waals surface area contributed by atoms with Gasteiger partial charge < -0.3 is 4.74 Å². The molecule has 0 saturated heterocycles. The first-order valence-corrected chi connectivity index (χ1v) is 6.95. The van der Waals surface area contributed by atoms with E-state index in [4.69, 9.17) is 10.6 Å². The van der Waals surface area contributed by atoms with Gasteiger partial charge in [0.25, 0.3) is 0 Å². The van der Waals surface area contributed by atoms with Gasteiger partial charge in [-0.2, -0.15) is 0 Å². The largest absolute Gasteiger partial charge is 0.497 e. The highest BCUT2D eigenvalue weighted by Crippen LogP contribution is 2.60. The Hall–Kier alpha value is -1.06. The predicted molar refractivity (Wildman–Crippen MR) is 72.0 cm³/mol. The molecule has 98 valence electrons. The van der Waals surface area contributed by atoms with Gasteiger partial charge in [0.15, 0.2) is 0 Å². The summed E-state index contributed by atoms with van der Waals surface area (Å²) in [5.74, 6) is 9.25. The molecular formula is C15H22N2O. The summed E-state index contributed by atoms with van der Waals surface area (Å²) in [7, 11) is 1.70. The fourth-order valence-corrected chi connectivity index (χ4v) is 3.78. The van der Waals surface area contributed by atoms with Crippen LogP contribution in [0.3, 0.4) is 0 Å². The summed E-state index contributed by atoms with van der Waals surface area (Å²) in [5, 5.41) is 0. The monoisotopic (exact) mass is 246 g/mol. The maximum Gasteiger partial charge on any atom is 0.118 e. The Morgan fingerprint density at radius 1 is 1.17 bits per heavy atom. The van der Waals surface area contributed by atoms with E-state index in [1.807, 2.05) is 12.1 Å². The van der Waals surface area contributed by atoms with Crippen molar-refractivity contribution in [3.05, 3.63) is 29.8 Å². The zero-order valence-electron chi connectivity index (χ0n) is 10.9. The molecule has 0 radical (unpaired) electrons. The first-order chi connectivity index (χ1) is 8.85. The van der Waals surface area contributed by atoms with Crippen molar-refractivity contribution in [2.75, 3.05) is 7.11 Å². The third-order valence-electron chi connectivity index (χ3n) is 4.76. The van der Waals surface area contributed by atoms with E-state index >= 15 is 0 Å². The molecule has 0 aromatic heterocycles. The van der Waals surface area contributed by atoms with Gasteiger partial charge in [-0.3, -0.25) is 11.3 Å². The van der Waals surface area contributed by atoms with Gasteiger partial charge >= 0.3 is 0 Å². The average molecular weight is 246 g/mol. The van der Waals surface area contributed by atoms with Crippen LogP contribution in [0.25, 0.3) is 0 Å². The molecule has 18 heavy (non-hydrogen) atoms. The van der Waals surface area contributed by atoms with E-state index in [-0.39, 0.29) is 0 Å². The van der Waals surface area contributed by atoms with Gasteiger partial charge in [0.2, 0.25) is 0 Å². The van der Waals surface area contributed by atoms with Crippen molar-refractivity contribution in [3.63, 3.8) is 0 Å². The highest BCUT2D eigenvalue weighted by atomic mass is 16.5. The van der Waals surface area contributed by atoms with Gasteiger partial charge in [-0.15, -0.1) is 0 Å². The quantitative estimate of drug-likeness (QED) is 0.634. The van der Waals surface area contributed by atoms with Gasteiger partial charge in [-0.25, -0.2) is 0 Å². The van der Waals surface area contributed by atoms with Crippen LogP contribution in [-0.2, 0) is 0 Å². The number of nitrogens with one attached hydrogen (secondary N) is 1. The smallest absolute Gasteiger partial charge is 0.118 e. The lowest BCUT2D eigenvalue weighted by Crippen LogP contribution is -2.30. The topological polar surface area (TPSA) is 47.3 Å². The van der Waals surface area contributed by atoms with Crippen molar-refractivity contribution in [2.45, 2.75) is 31.7 Å². The van der Waals surface area contributed by atoms with Crippen LogP contribution in [0.2, 0.25) is 0 Å². The average Bonchev–Trinajstić information content (AvgIpc) is 3.15. The summed E-state index contributed by atoms with van der Waals surface area (Å²) in [5.41, 5.74) is 4.32. The predicted octanol–water partition coefficient (Wildman–Crippen LogP) is 2.64. The molecule has 2 aliphatic carbocycles. The van der Waals surface area contributed by atoms with E-state index in [1.165, 1.54) is 31.2 Å². The number of hydrogen-bond donors (Lipinski definition) is 2. The number of ether oxygens (including phenoxy) is 1. The fourth-order valence-electron chi connectivity index (χ4n) is 3.78. The van der Waals surface area contributed by atoms with Gasteiger partial charge in [0.1, 0.15) is 5.75 Å². The van der Waals surface area contributed by atoms with Crippen LogP contribution in [0.1, 0.15) is 37.3 Å². The number of nitrogens with two attached hydrogens (primary N) is 1. The fraction of sp³-hybridized carbons (Fsp3) is 0.600. The minimum atomic E-state index is 0.309. The third-order valence-corrected chi connectivity index (χ3v) is 4.76. The molecule has 3 unspecified atom stereocenters. The van der Waals surface area contributed by atoms with Crippen molar-refractivity contribution in [2.24, 2.45) is 23.6 Å². The van der Waals surface area contributed by atoms with Crippen molar-refractivity contribution in [1.82, 2.24) is 5.43 Å². The Labute approximate surface area is 109 Å². The molecule has 3 nitrogen and oxygen atoms in total. The maximum absolute atomic E-state index is 5.79. The molecule has 2 aliphatic rings. The Bertz CT molecular complexity index is 391. The standard InChI is InChI=1S/C15H22N2O/c1-18-11-8-6-10(7-9-11)15(17-16)14-12-4-2-3-5-13(12)14/h6-9,12-15,17H,2-5,16H2,1H3. The van der Waals surface area contributed by atoms with Crippen LogP contribution in [0.15, 0.2) is 24.3 Å². The van der Waals surface area contributed by atoms with Crippen LogP contribution < -0.4 is 16.0 Å². The number of rotatable bonds is 4. The van der Waals surface area contributed by atoms with Gasteiger partial charge in [-0.1, -0.05) is 25.0 Å². The molecule has 0 bridgehead atoms. The van der Waals surface area contributed by atoms with E-state index in [0.29, 0.717) is 6.04 Å². The molecule has 3 N–H and O–H groups in total. The number of hydrogen-bond acceptors (Lipinski definition) is 3. The summed E-state index contributed by atoms with van der Waals surface area (Å²) >= 11 is 0. The van der Waals surface area contributed by atoms with Crippen molar-refractivity contribution in [1.29, 1.82) is 0 Å². The Balaban J connectivity index is 1.75. The van der Waals surface area contributed by atoms with Gasteiger partial charge in [-0.05, 0) is 48.3 Å². The second kappa shape index (κ2) is 4.90. The van der Waals surface area contributed by atoms with Gasteiger partial charge in [0.05, 0.1) is 7.11 Å². The minimum absolute atomic E-state index is 0.309. The number of methoxy groups -OCH3 is 1. The number of fused-ring (bicyclic) bond motifs is 1. The summed E-state index contributed by atoms with van der Waals surface area (Å²) in [6.07, 6.45) is 5.59. The van der Waals surface area contributed by atoms with Crippen LogP contribution in [0.5, 0.6) is 5.75 Å². The second-order valence-electron chi connectivity index (χ2n) is 5.61. The maximum atomic E-state index is 5.79. The Morgan fingerprint density at radius 2 is 1.78 bits per heavy atom. The molecule has 3 atom stereocenters.